The molecule has 0 bridgehead atoms. The monoisotopic (exact) mass is 499 g/mol. The largest absolute Gasteiger partial charge is 0.419 e. The second kappa shape index (κ2) is 9.87. The molecule has 0 radical (unpaired) electrons. The van der Waals surface area contributed by atoms with Crippen LogP contribution in [0.3, 0.4) is 0 Å². The van der Waals surface area contributed by atoms with Gasteiger partial charge >= 0.3 is 5.69 Å². The van der Waals surface area contributed by atoms with Gasteiger partial charge in [0.05, 0.1) is 23.5 Å². The van der Waals surface area contributed by atoms with Crippen molar-refractivity contribution in [1.29, 1.82) is 0 Å². The first-order chi connectivity index (χ1) is 16.7. The van der Waals surface area contributed by atoms with Crippen LogP contribution in [0.1, 0.15) is 32.6 Å². The minimum atomic E-state index is -0.436. The normalized spacial score (nSPS) is 11.5. The van der Waals surface area contributed by atoms with E-state index in [0.29, 0.717) is 46.5 Å². The Morgan fingerprint density at radius 2 is 1.89 bits per heavy atom. The number of amides is 1. The molecular weight excluding hydrogens is 474 g/mol. The summed E-state index contributed by atoms with van der Waals surface area (Å²) in [7, 11) is 3.00. The van der Waals surface area contributed by atoms with Gasteiger partial charge < -0.3 is 13.9 Å². The summed E-state index contributed by atoms with van der Waals surface area (Å²) in [6, 6.07) is 7.08. The molecule has 3 aromatic heterocycles. The maximum absolute atomic E-state index is 13.0. The number of benzene rings is 1. The molecular formula is C23H26ClN7O4. The Bertz CT molecular complexity index is 1500. The van der Waals surface area contributed by atoms with E-state index in [4.69, 9.17) is 16.0 Å². The molecule has 11 nitrogen and oxygen atoms in total. The van der Waals surface area contributed by atoms with Crippen LogP contribution in [0.15, 0.2) is 44.6 Å². The zero-order valence-corrected chi connectivity index (χ0v) is 20.7. The quantitative estimate of drug-likeness (QED) is 0.365. The molecule has 12 heteroatoms. The number of fused-ring (bicyclic) bond motifs is 1. The van der Waals surface area contributed by atoms with Crippen molar-refractivity contribution in [2.45, 2.75) is 45.8 Å². The van der Waals surface area contributed by atoms with Gasteiger partial charge in [-0.25, -0.2) is 9.78 Å². The van der Waals surface area contributed by atoms with Gasteiger partial charge in [-0.2, -0.15) is 0 Å². The molecule has 0 aliphatic heterocycles. The number of aryl methyl sites for hydroxylation is 2. The molecule has 1 amide bonds. The van der Waals surface area contributed by atoms with E-state index in [-0.39, 0.29) is 24.9 Å². The summed E-state index contributed by atoms with van der Waals surface area (Å²) in [5, 5.41) is 8.65. The Morgan fingerprint density at radius 1 is 1.14 bits per heavy atom. The number of rotatable bonds is 8. The smallest absolute Gasteiger partial charge is 0.332 e. The number of carbonyl (C=O) groups is 1. The van der Waals surface area contributed by atoms with E-state index in [9.17, 15) is 14.4 Å². The molecule has 4 rings (SSSR count). The number of hydrogen-bond acceptors (Lipinski definition) is 7. The van der Waals surface area contributed by atoms with Gasteiger partial charge in [-0.3, -0.25) is 18.7 Å². The number of hydrogen-bond donors (Lipinski definition) is 0. The Balaban J connectivity index is 1.44. The summed E-state index contributed by atoms with van der Waals surface area (Å²) >= 11 is 6.21. The molecule has 3 heterocycles. The van der Waals surface area contributed by atoms with Crippen LogP contribution >= 0.6 is 11.6 Å². The van der Waals surface area contributed by atoms with Crippen molar-refractivity contribution in [2.75, 3.05) is 0 Å². The number of imidazole rings is 1. The minimum absolute atomic E-state index is 0.0813. The molecule has 1 aromatic carbocycles. The highest BCUT2D eigenvalue weighted by Crippen LogP contribution is 2.26. The molecule has 0 unspecified atom stereocenters. The lowest BCUT2D eigenvalue weighted by Crippen LogP contribution is -2.37. The zero-order valence-electron chi connectivity index (χ0n) is 19.9. The van der Waals surface area contributed by atoms with Gasteiger partial charge in [-0.1, -0.05) is 23.7 Å². The summed E-state index contributed by atoms with van der Waals surface area (Å²) in [4.78, 5) is 43.6. The minimum Gasteiger partial charge on any atom is -0.419 e. The van der Waals surface area contributed by atoms with Gasteiger partial charge in [-0.15, -0.1) is 10.2 Å². The van der Waals surface area contributed by atoms with Gasteiger partial charge in [0.1, 0.15) is 0 Å². The number of nitrogens with zero attached hydrogens (tertiary/aromatic N) is 7. The second-order valence-electron chi connectivity index (χ2n) is 8.52. The van der Waals surface area contributed by atoms with Crippen molar-refractivity contribution in [3.05, 3.63) is 62.3 Å². The molecule has 0 saturated carbocycles. The van der Waals surface area contributed by atoms with Crippen LogP contribution in [0.2, 0.25) is 5.02 Å². The van der Waals surface area contributed by atoms with Crippen LogP contribution in [0.25, 0.3) is 22.6 Å². The predicted molar refractivity (Wildman–Crippen MR) is 130 cm³/mol. The highest BCUT2D eigenvalue weighted by Gasteiger charge is 2.21. The summed E-state index contributed by atoms with van der Waals surface area (Å²) in [5.41, 5.74) is 0.432. The maximum atomic E-state index is 13.0. The molecule has 0 aliphatic rings. The summed E-state index contributed by atoms with van der Waals surface area (Å²) in [5.74, 6) is 0.527. The van der Waals surface area contributed by atoms with Crippen molar-refractivity contribution in [3.8, 4) is 11.5 Å². The fourth-order valence-corrected chi connectivity index (χ4v) is 4.09. The second-order valence-corrected chi connectivity index (χ2v) is 8.92. The molecule has 0 N–H and O–H groups in total. The van der Waals surface area contributed by atoms with Gasteiger partial charge in [0, 0.05) is 33.1 Å². The fourth-order valence-electron chi connectivity index (χ4n) is 3.88. The Morgan fingerprint density at radius 3 is 2.60 bits per heavy atom. The van der Waals surface area contributed by atoms with Gasteiger partial charge in [0.2, 0.25) is 17.7 Å². The summed E-state index contributed by atoms with van der Waals surface area (Å²) in [6.07, 6.45) is 2.24. The molecule has 0 atom stereocenters. The Kier molecular flexibility index (Phi) is 6.88. The molecule has 0 saturated heterocycles. The van der Waals surface area contributed by atoms with Crippen molar-refractivity contribution in [3.63, 3.8) is 0 Å². The third-order valence-corrected chi connectivity index (χ3v) is 6.16. The van der Waals surface area contributed by atoms with Crippen LogP contribution in [-0.4, -0.2) is 45.7 Å². The average molecular weight is 500 g/mol. The van der Waals surface area contributed by atoms with E-state index in [2.05, 4.69) is 15.2 Å². The van der Waals surface area contributed by atoms with Gasteiger partial charge in [0.15, 0.2) is 11.2 Å². The lowest BCUT2D eigenvalue weighted by Gasteiger charge is -2.25. The van der Waals surface area contributed by atoms with E-state index in [1.54, 1.807) is 28.6 Å². The first-order valence-corrected chi connectivity index (χ1v) is 11.5. The van der Waals surface area contributed by atoms with Crippen molar-refractivity contribution in [1.82, 2.24) is 33.8 Å². The van der Waals surface area contributed by atoms with Crippen molar-refractivity contribution in [2.24, 2.45) is 14.1 Å². The number of carbonyl (C=O) groups excluding carboxylic acids is 1. The molecule has 0 fully saturated rings. The standard InChI is InChI=1S/C23H26ClN7O4/c1-14(2)31(12-17-26-27-21(35-17)15-8-5-6-9-16(15)24)18(32)10-7-11-30-13-25-20-19(30)22(33)29(4)23(34)28(20)3/h5-6,8-9,13-14H,7,10-12H2,1-4H3. The molecule has 4 aromatic rings. The average Bonchev–Trinajstić information content (AvgIpc) is 3.47. The van der Waals surface area contributed by atoms with Crippen molar-refractivity contribution < 1.29 is 9.21 Å². The van der Waals surface area contributed by atoms with Gasteiger partial charge in [-0.05, 0) is 32.4 Å². The summed E-state index contributed by atoms with van der Waals surface area (Å²) < 4.78 is 9.82. The topological polar surface area (TPSA) is 121 Å². The Labute approximate surface area is 205 Å². The Hall–Kier alpha value is -3.73. The third kappa shape index (κ3) is 4.76. The van der Waals surface area contributed by atoms with Crippen LogP contribution in [0.5, 0.6) is 0 Å². The molecule has 35 heavy (non-hydrogen) atoms. The molecule has 184 valence electrons. The first-order valence-electron chi connectivity index (χ1n) is 11.2. The highest BCUT2D eigenvalue weighted by atomic mass is 35.5. The molecule has 0 aliphatic carbocycles. The first kappa shape index (κ1) is 24.4. The zero-order chi connectivity index (χ0) is 25.3. The molecule has 0 spiro atoms. The van der Waals surface area contributed by atoms with Crippen LogP contribution in [-0.2, 0) is 32.0 Å². The van der Waals surface area contributed by atoms with Crippen LogP contribution in [0.4, 0.5) is 0 Å². The van der Waals surface area contributed by atoms with Gasteiger partial charge in [0.25, 0.3) is 5.56 Å². The predicted octanol–water partition coefficient (Wildman–Crippen LogP) is 2.35. The SMILES string of the molecule is CC(C)N(Cc1nnc(-c2ccccc2Cl)o1)C(=O)CCCn1cnc2c1c(=O)n(C)c(=O)n2C. The lowest BCUT2D eigenvalue weighted by molar-refractivity contribution is -0.134. The van der Waals surface area contributed by atoms with E-state index in [1.165, 1.54) is 17.9 Å². The number of halogens is 1. The highest BCUT2D eigenvalue weighted by molar-refractivity contribution is 6.33. The van der Waals surface area contributed by atoms with Crippen molar-refractivity contribution >= 4 is 28.7 Å². The maximum Gasteiger partial charge on any atom is 0.332 e. The van der Waals surface area contributed by atoms with E-state index in [0.717, 1.165) is 4.57 Å². The van der Waals surface area contributed by atoms with Crippen LogP contribution < -0.4 is 11.2 Å². The third-order valence-electron chi connectivity index (χ3n) is 5.83. The van der Waals surface area contributed by atoms with E-state index in [1.807, 2.05) is 26.0 Å². The summed E-state index contributed by atoms with van der Waals surface area (Å²) in [6.45, 7) is 4.40. The fraction of sp³-hybridized carbons (Fsp3) is 0.391. The van der Waals surface area contributed by atoms with E-state index >= 15 is 0 Å². The van der Waals surface area contributed by atoms with E-state index < -0.39 is 11.2 Å². The number of aromatic nitrogens is 6. The lowest BCUT2D eigenvalue weighted by atomic mass is 10.2. The van der Waals surface area contributed by atoms with Crippen LogP contribution in [0, 0.1) is 0 Å².